The van der Waals surface area contributed by atoms with E-state index in [2.05, 4.69) is 14.9 Å². The summed E-state index contributed by atoms with van der Waals surface area (Å²) in [5.74, 6) is 0.762. The summed E-state index contributed by atoms with van der Waals surface area (Å²) in [4.78, 5) is 25.9. The van der Waals surface area contributed by atoms with E-state index in [1.807, 2.05) is 35.5 Å². The van der Waals surface area contributed by atoms with Crippen molar-refractivity contribution in [1.29, 1.82) is 0 Å². The molecule has 2 aromatic heterocycles. The van der Waals surface area contributed by atoms with E-state index >= 15 is 0 Å². The zero-order valence-electron chi connectivity index (χ0n) is 18.1. The highest BCUT2D eigenvalue weighted by Crippen LogP contribution is 2.36. The Morgan fingerprint density at radius 2 is 1.55 bits per heavy atom. The largest absolute Gasteiger partial charge is 0.371 e. The summed E-state index contributed by atoms with van der Waals surface area (Å²) >= 11 is 0. The van der Waals surface area contributed by atoms with Gasteiger partial charge < -0.3 is 9.80 Å². The molecule has 0 N–H and O–H groups in total. The molecule has 6 rings (SSSR count). The van der Waals surface area contributed by atoms with Gasteiger partial charge in [-0.05, 0) is 24.3 Å². The van der Waals surface area contributed by atoms with Crippen LogP contribution in [0.15, 0.2) is 66.1 Å². The minimum atomic E-state index is -3.65. The maximum Gasteiger partial charge on any atom is 0.243 e. The van der Waals surface area contributed by atoms with Crippen LogP contribution in [-0.2, 0) is 14.8 Å². The first-order valence-electron chi connectivity index (χ1n) is 11.3. The fraction of sp³-hybridized carbons (Fsp3) is 0.375. The van der Waals surface area contributed by atoms with Gasteiger partial charge in [-0.15, -0.1) is 0 Å². The van der Waals surface area contributed by atoms with Crippen molar-refractivity contribution in [3.8, 4) is 0 Å². The number of rotatable bonds is 4. The number of aromatic nitrogens is 2. The summed E-state index contributed by atoms with van der Waals surface area (Å²) in [7, 11) is -3.65. The van der Waals surface area contributed by atoms with Gasteiger partial charge in [-0.1, -0.05) is 12.1 Å². The number of amides is 1. The number of fused-ring (bicyclic) bond motifs is 2. The summed E-state index contributed by atoms with van der Waals surface area (Å²) in [6, 6.07) is 11.0. The van der Waals surface area contributed by atoms with Gasteiger partial charge in [0.25, 0.3) is 0 Å². The molecule has 2 atom stereocenters. The molecule has 0 spiro atoms. The second-order valence-corrected chi connectivity index (χ2v) is 11.2. The lowest BCUT2D eigenvalue weighted by Crippen LogP contribution is -2.56. The SMILES string of the molecule is O=C(C1CN(S(=O)(=O)c2cccc3cnccc23)C1)N1C[C@@H]2CN(c3ccncc3)C[C@H]2C1. The molecule has 0 saturated carbocycles. The molecule has 3 aliphatic heterocycles. The number of benzene rings is 1. The lowest BCUT2D eigenvalue weighted by Gasteiger charge is -2.39. The number of pyridine rings is 2. The summed E-state index contributed by atoms with van der Waals surface area (Å²) in [5, 5.41) is 1.45. The molecular weight excluding hydrogens is 438 g/mol. The summed E-state index contributed by atoms with van der Waals surface area (Å²) in [6.07, 6.45) is 6.89. The van der Waals surface area contributed by atoms with Crippen molar-refractivity contribution in [3.63, 3.8) is 0 Å². The number of hydrogen-bond donors (Lipinski definition) is 0. The first kappa shape index (κ1) is 20.6. The number of sulfonamides is 1. The van der Waals surface area contributed by atoms with E-state index in [0.717, 1.165) is 31.6 Å². The average Bonchev–Trinajstić information content (AvgIpc) is 3.38. The Labute approximate surface area is 192 Å². The van der Waals surface area contributed by atoms with Crippen LogP contribution in [0.1, 0.15) is 0 Å². The minimum Gasteiger partial charge on any atom is -0.371 e. The first-order valence-corrected chi connectivity index (χ1v) is 12.7. The lowest BCUT2D eigenvalue weighted by atomic mass is 10.0. The molecule has 0 unspecified atom stereocenters. The normalized spacial score (nSPS) is 23.6. The average molecular weight is 464 g/mol. The molecule has 3 saturated heterocycles. The minimum absolute atomic E-state index is 0.0911. The molecule has 3 aliphatic rings. The van der Waals surface area contributed by atoms with E-state index in [9.17, 15) is 13.2 Å². The molecule has 3 aromatic rings. The monoisotopic (exact) mass is 463 g/mol. The quantitative estimate of drug-likeness (QED) is 0.587. The predicted molar refractivity (Wildman–Crippen MR) is 124 cm³/mol. The highest BCUT2D eigenvalue weighted by Gasteiger charge is 2.47. The van der Waals surface area contributed by atoms with Gasteiger partial charge in [0.1, 0.15) is 0 Å². The van der Waals surface area contributed by atoms with Crippen LogP contribution in [0.3, 0.4) is 0 Å². The van der Waals surface area contributed by atoms with Gasteiger partial charge in [-0.3, -0.25) is 14.8 Å². The second kappa shape index (κ2) is 7.78. The summed E-state index contributed by atoms with van der Waals surface area (Å²) in [6.45, 7) is 3.89. The van der Waals surface area contributed by atoms with Gasteiger partial charge in [-0.2, -0.15) is 4.31 Å². The zero-order valence-corrected chi connectivity index (χ0v) is 18.9. The number of nitrogens with zero attached hydrogens (tertiary/aromatic N) is 5. The number of likely N-dealkylation sites (tertiary alicyclic amines) is 1. The van der Waals surface area contributed by atoms with Crippen LogP contribution in [0, 0.1) is 17.8 Å². The van der Waals surface area contributed by atoms with E-state index in [1.165, 1.54) is 9.99 Å². The van der Waals surface area contributed by atoms with E-state index in [-0.39, 0.29) is 29.8 Å². The number of carbonyl (C=O) groups is 1. The van der Waals surface area contributed by atoms with Crippen molar-refractivity contribution >= 4 is 32.4 Å². The molecule has 0 radical (unpaired) electrons. The van der Waals surface area contributed by atoms with Crippen molar-refractivity contribution in [2.45, 2.75) is 4.90 Å². The second-order valence-electron chi connectivity index (χ2n) is 9.25. The third kappa shape index (κ3) is 3.46. The number of anilines is 1. The Balaban J connectivity index is 1.09. The van der Waals surface area contributed by atoms with Gasteiger partial charge in [-0.25, -0.2) is 8.42 Å². The van der Waals surface area contributed by atoms with E-state index in [1.54, 1.807) is 30.6 Å². The lowest BCUT2D eigenvalue weighted by molar-refractivity contribution is -0.138. The molecule has 3 fully saturated rings. The maximum absolute atomic E-state index is 13.2. The van der Waals surface area contributed by atoms with E-state index < -0.39 is 10.0 Å². The van der Waals surface area contributed by atoms with Crippen LogP contribution in [0.4, 0.5) is 5.69 Å². The van der Waals surface area contributed by atoms with Crippen LogP contribution in [-0.4, -0.2) is 72.8 Å². The van der Waals surface area contributed by atoms with Crippen molar-refractivity contribution in [1.82, 2.24) is 19.2 Å². The summed E-state index contributed by atoms with van der Waals surface area (Å²) < 4.78 is 27.9. The van der Waals surface area contributed by atoms with E-state index in [4.69, 9.17) is 0 Å². The topological polar surface area (TPSA) is 86.7 Å². The fourth-order valence-electron chi connectivity index (χ4n) is 5.44. The Morgan fingerprint density at radius 3 is 2.27 bits per heavy atom. The molecular formula is C24H25N5O3S. The number of carbonyl (C=O) groups excluding carboxylic acids is 1. The molecule has 0 aliphatic carbocycles. The van der Waals surface area contributed by atoms with Crippen molar-refractivity contribution < 1.29 is 13.2 Å². The van der Waals surface area contributed by atoms with Crippen LogP contribution >= 0.6 is 0 Å². The summed E-state index contributed by atoms with van der Waals surface area (Å²) in [5.41, 5.74) is 1.18. The van der Waals surface area contributed by atoms with Gasteiger partial charge >= 0.3 is 0 Å². The molecule has 9 heteroatoms. The Kier molecular flexibility index (Phi) is 4.84. The van der Waals surface area contributed by atoms with Gasteiger partial charge in [0.2, 0.25) is 15.9 Å². The zero-order chi connectivity index (χ0) is 22.6. The molecule has 5 heterocycles. The molecule has 1 amide bonds. The van der Waals surface area contributed by atoms with Gasteiger partial charge in [0, 0.05) is 92.4 Å². The molecule has 1 aromatic carbocycles. The highest BCUT2D eigenvalue weighted by atomic mass is 32.2. The Bertz CT molecular complexity index is 1290. The fourth-order valence-corrected chi connectivity index (χ4v) is 7.19. The van der Waals surface area contributed by atoms with Crippen LogP contribution in [0.2, 0.25) is 0 Å². The van der Waals surface area contributed by atoms with Gasteiger partial charge in [0.05, 0.1) is 10.8 Å². The van der Waals surface area contributed by atoms with Crippen LogP contribution in [0.5, 0.6) is 0 Å². The molecule has 33 heavy (non-hydrogen) atoms. The predicted octanol–water partition coefficient (Wildman–Crippen LogP) is 1.85. The molecule has 170 valence electrons. The molecule has 8 nitrogen and oxygen atoms in total. The van der Waals surface area contributed by atoms with Crippen molar-refractivity contribution in [3.05, 3.63) is 61.2 Å². The third-order valence-electron chi connectivity index (χ3n) is 7.28. The van der Waals surface area contributed by atoms with Crippen LogP contribution < -0.4 is 4.90 Å². The van der Waals surface area contributed by atoms with Crippen molar-refractivity contribution in [2.75, 3.05) is 44.2 Å². The first-order chi connectivity index (χ1) is 16.0. The maximum atomic E-state index is 13.2. The standard InChI is InChI=1S/C24H25N5O3S/c30-24(28-13-18-11-27(12-19(18)14-28)21-4-7-25-8-5-21)20-15-29(16-20)33(31,32)23-3-1-2-17-10-26-9-6-22(17)23/h1-10,18-20H,11-16H2/t18-,19-/m0/s1. The number of hydrogen-bond acceptors (Lipinski definition) is 6. The smallest absolute Gasteiger partial charge is 0.243 e. The third-order valence-corrected chi connectivity index (χ3v) is 9.17. The highest BCUT2D eigenvalue weighted by molar-refractivity contribution is 7.89. The Hall–Kier alpha value is -3.04. The van der Waals surface area contributed by atoms with Crippen LogP contribution in [0.25, 0.3) is 10.8 Å². The van der Waals surface area contributed by atoms with Crippen molar-refractivity contribution in [2.24, 2.45) is 17.8 Å². The van der Waals surface area contributed by atoms with Gasteiger partial charge in [0.15, 0.2) is 0 Å². The molecule has 0 bridgehead atoms. The van der Waals surface area contributed by atoms with E-state index in [0.29, 0.717) is 17.2 Å². The Morgan fingerprint density at radius 1 is 0.848 bits per heavy atom.